The molecule has 0 aliphatic rings. The standard InChI is InChI=1S/C23H21N5O4/c1-32-17-8-6-16(7-9-17)19-10-11-22(30)28(26-19)13-12-24-21(29)14-27-15-25-20-5-3-2-4-18(20)23(27)31/h2-11,15H,12-14H2,1H3,(H,24,29). The highest BCUT2D eigenvalue weighted by Crippen LogP contribution is 2.19. The van der Waals surface area contributed by atoms with Crippen LogP contribution in [-0.2, 0) is 17.9 Å². The minimum absolute atomic E-state index is 0.162. The second kappa shape index (κ2) is 9.25. The molecule has 2 aromatic carbocycles. The monoisotopic (exact) mass is 431 g/mol. The number of rotatable bonds is 7. The van der Waals surface area contributed by atoms with E-state index in [0.717, 1.165) is 11.3 Å². The van der Waals surface area contributed by atoms with Crippen LogP contribution in [0.1, 0.15) is 0 Å². The summed E-state index contributed by atoms with van der Waals surface area (Å²) in [5.74, 6) is 0.369. The van der Waals surface area contributed by atoms with Crippen molar-refractivity contribution in [3.05, 3.63) is 87.7 Å². The number of hydrogen-bond acceptors (Lipinski definition) is 6. The van der Waals surface area contributed by atoms with Crippen molar-refractivity contribution in [2.45, 2.75) is 13.1 Å². The quantitative estimate of drug-likeness (QED) is 0.475. The molecule has 0 radical (unpaired) electrons. The van der Waals surface area contributed by atoms with Crippen molar-refractivity contribution in [3.63, 3.8) is 0 Å². The number of methoxy groups -OCH3 is 1. The maximum atomic E-state index is 12.5. The molecule has 0 bridgehead atoms. The number of nitrogens with zero attached hydrogens (tertiary/aromatic N) is 4. The van der Waals surface area contributed by atoms with Crippen LogP contribution in [0.2, 0.25) is 0 Å². The zero-order chi connectivity index (χ0) is 22.5. The average Bonchev–Trinajstić information content (AvgIpc) is 2.82. The maximum Gasteiger partial charge on any atom is 0.266 e. The van der Waals surface area contributed by atoms with E-state index in [9.17, 15) is 14.4 Å². The molecular weight excluding hydrogens is 410 g/mol. The van der Waals surface area contributed by atoms with Gasteiger partial charge in [-0.2, -0.15) is 5.10 Å². The first-order chi connectivity index (χ1) is 15.5. The van der Waals surface area contributed by atoms with Gasteiger partial charge in [-0.1, -0.05) is 12.1 Å². The Hall–Kier alpha value is -4.27. The molecule has 0 saturated heterocycles. The zero-order valence-corrected chi connectivity index (χ0v) is 17.4. The van der Waals surface area contributed by atoms with Crippen LogP contribution in [0.25, 0.3) is 22.2 Å². The van der Waals surface area contributed by atoms with Crippen molar-refractivity contribution in [2.24, 2.45) is 0 Å². The van der Waals surface area contributed by atoms with E-state index >= 15 is 0 Å². The number of carbonyl (C=O) groups is 1. The van der Waals surface area contributed by atoms with Crippen LogP contribution in [0.15, 0.2) is 76.6 Å². The third-order valence-corrected chi connectivity index (χ3v) is 4.94. The van der Waals surface area contributed by atoms with Crippen molar-refractivity contribution in [1.82, 2.24) is 24.6 Å². The second-order valence-corrected chi connectivity index (χ2v) is 7.05. The van der Waals surface area contributed by atoms with Gasteiger partial charge < -0.3 is 10.1 Å². The smallest absolute Gasteiger partial charge is 0.266 e. The molecule has 2 heterocycles. The molecule has 1 N–H and O–H groups in total. The molecule has 4 rings (SSSR count). The van der Waals surface area contributed by atoms with Gasteiger partial charge in [0.25, 0.3) is 11.1 Å². The van der Waals surface area contributed by atoms with E-state index in [2.05, 4.69) is 15.4 Å². The Morgan fingerprint density at radius 3 is 2.59 bits per heavy atom. The molecule has 0 fully saturated rings. The first-order valence-corrected chi connectivity index (χ1v) is 9.98. The van der Waals surface area contributed by atoms with Gasteiger partial charge in [0.15, 0.2) is 0 Å². The average molecular weight is 431 g/mol. The van der Waals surface area contributed by atoms with Crippen molar-refractivity contribution < 1.29 is 9.53 Å². The topological polar surface area (TPSA) is 108 Å². The van der Waals surface area contributed by atoms with Gasteiger partial charge in [-0.25, -0.2) is 9.67 Å². The van der Waals surface area contributed by atoms with E-state index in [1.807, 2.05) is 24.3 Å². The summed E-state index contributed by atoms with van der Waals surface area (Å²) in [5.41, 5.74) is 1.50. The fourth-order valence-corrected chi connectivity index (χ4v) is 3.26. The van der Waals surface area contributed by atoms with E-state index in [0.29, 0.717) is 16.6 Å². The van der Waals surface area contributed by atoms with Gasteiger partial charge in [0, 0.05) is 18.2 Å². The van der Waals surface area contributed by atoms with Crippen molar-refractivity contribution >= 4 is 16.8 Å². The highest BCUT2D eigenvalue weighted by molar-refractivity contribution is 5.78. The van der Waals surface area contributed by atoms with Crippen molar-refractivity contribution in [1.29, 1.82) is 0 Å². The molecule has 162 valence electrons. The number of fused-ring (bicyclic) bond motifs is 1. The predicted octanol–water partition coefficient (Wildman–Crippen LogP) is 1.45. The fourth-order valence-electron chi connectivity index (χ4n) is 3.26. The van der Waals surface area contributed by atoms with E-state index in [1.165, 1.54) is 21.6 Å². The SMILES string of the molecule is COc1ccc(-c2ccc(=O)n(CCNC(=O)Cn3cnc4ccccc4c3=O)n2)cc1. The van der Waals surface area contributed by atoms with Gasteiger partial charge >= 0.3 is 0 Å². The molecule has 0 saturated carbocycles. The third kappa shape index (κ3) is 4.56. The van der Waals surface area contributed by atoms with Gasteiger partial charge in [-0.15, -0.1) is 0 Å². The Bertz CT molecular complexity index is 1380. The Morgan fingerprint density at radius 1 is 1.03 bits per heavy atom. The minimum atomic E-state index is -0.358. The lowest BCUT2D eigenvalue weighted by molar-refractivity contribution is -0.121. The van der Waals surface area contributed by atoms with Crippen LogP contribution in [0.3, 0.4) is 0 Å². The van der Waals surface area contributed by atoms with Gasteiger partial charge in [0.1, 0.15) is 12.3 Å². The van der Waals surface area contributed by atoms with Crippen LogP contribution in [0.5, 0.6) is 5.75 Å². The van der Waals surface area contributed by atoms with Gasteiger partial charge in [0.05, 0.1) is 36.6 Å². The molecule has 0 atom stereocenters. The molecule has 4 aromatic rings. The van der Waals surface area contributed by atoms with Gasteiger partial charge in [-0.05, 0) is 42.5 Å². The molecule has 32 heavy (non-hydrogen) atoms. The number of aromatic nitrogens is 4. The number of hydrogen-bond donors (Lipinski definition) is 1. The number of nitrogens with one attached hydrogen (secondary N) is 1. The summed E-state index contributed by atoms with van der Waals surface area (Å²) in [7, 11) is 1.59. The van der Waals surface area contributed by atoms with E-state index < -0.39 is 0 Å². The zero-order valence-electron chi connectivity index (χ0n) is 17.4. The number of ether oxygens (including phenoxy) is 1. The van der Waals surface area contributed by atoms with Gasteiger partial charge in [-0.3, -0.25) is 19.0 Å². The molecule has 0 aliphatic carbocycles. The first kappa shape index (κ1) is 21.0. The number of amides is 1. The number of carbonyl (C=O) groups excluding carboxylic acids is 1. The molecule has 9 heteroatoms. The summed E-state index contributed by atoms with van der Waals surface area (Å²) in [6, 6.07) is 17.4. The van der Waals surface area contributed by atoms with Crippen LogP contribution >= 0.6 is 0 Å². The summed E-state index contributed by atoms with van der Waals surface area (Å²) in [5, 5.41) is 7.54. The molecular formula is C23H21N5O4. The summed E-state index contributed by atoms with van der Waals surface area (Å²) in [6.45, 7) is 0.220. The van der Waals surface area contributed by atoms with E-state index in [-0.39, 0.29) is 36.7 Å². The lowest BCUT2D eigenvalue weighted by Crippen LogP contribution is -2.36. The van der Waals surface area contributed by atoms with E-state index in [4.69, 9.17) is 4.74 Å². The normalized spacial score (nSPS) is 10.8. The van der Waals surface area contributed by atoms with Crippen LogP contribution in [0.4, 0.5) is 0 Å². The predicted molar refractivity (Wildman–Crippen MR) is 119 cm³/mol. The molecule has 2 aromatic heterocycles. The van der Waals surface area contributed by atoms with E-state index in [1.54, 1.807) is 37.4 Å². The highest BCUT2D eigenvalue weighted by atomic mass is 16.5. The van der Waals surface area contributed by atoms with Crippen molar-refractivity contribution in [2.75, 3.05) is 13.7 Å². The largest absolute Gasteiger partial charge is 0.497 e. The lowest BCUT2D eigenvalue weighted by Gasteiger charge is -2.10. The Kier molecular flexibility index (Phi) is 6.07. The second-order valence-electron chi connectivity index (χ2n) is 7.05. The Balaban J connectivity index is 1.40. The molecule has 0 spiro atoms. The van der Waals surface area contributed by atoms with Crippen LogP contribution in [-0.4, -0.2) is 38.9 Å². The molecule has 0 unspecified atom stereocenters. The molecule has 0 aliphatic heterocycles. The summed E-state index contributed by atoms with van der Waals surface area (Å²) >= 11 is 0. The van der Waals surface area contributed by atoms with Crippen LogP contribution in [0, 0.1) is 0 Å². The first-order valence-electron chi connectivity index (χ1n) is 9.98. The lowest BCUT2D eigenvalue weighted by atomic mass is 10.1. The third-order valence-electron chi connectivity index (χ3n) is 4.94. The fraction of sp³-hybridized carbons (Fsp3) is 0.174. The van der Waals surface area contributed by atoms with Gasteiger partial charge in [0.2, 0.25) is 5.91 Å². The number of benzene rings is 2. The molecule has 1 amide bonds. The summed E-state index contributed by atoms with van der Waals surface area (Å²) < 4.78 is 7.70. The molecule has 9 nitrogen and oxygen atoms in total. The minimum Gasteiger partial charge on any atom is -0.497 e. The van der Waals surface area contributed by atoms with Crippen LogP contribution < -0.4 is 21.2 Å². The summed E-state index contributed by atoms with van der Waals surface area (Å²) in [6.07, 6.45) is 1.36. The van der Waals surface area contributed by atoms with Crippen molar-refractivity contribution in [3.8, 4) is 17.0 Å². The summed E-state index contributed by atoms with van der Waals surface area (Å²) in [4.78, 5) is 41.2. The Labute approximate surface area is 182 Å². The number of para-hydroxylation sites is 1. The maximum absolute atomic E-state index is 12.5. The Morgan fingerprint density at radius 2 is 1.81 bits per heavy atom. The highest BCUT2D eigenvalue weighted by Gasteiger charge is 2.09.